The number of carbonyl (C=O) groups is 1. The third-order valence-electron chi connectivity index (χ3n) is 7.47. The molecular formula is C30H30N8O2. The van der Waals surface area contributed by atoms with Crippen LogP contribution in [0.2, 0.25) is 0 Å². The zero-order valence-corrected chi connectivity index (χ0v) is 22.4. The van der Waals surface area contributed by atoms with Crippen molar-refractivity contribution in [3.05, 3.63) is 101 Å². The van der Waals surface area contributed by atoms with E-state index in [4.69, 9.17) is 0 Å². The van der Waals surface area contributed by atoms with E-state index in [-0.39, 0.29) is 17.4 Å². The molecule has 1 aliphatic rings. The number of rotatable bonds is 6. The molecule has 1 aliphatic heterocycles. The van der Waals surface area contributed by atoms with Crippen LogP contribution < -0.4 is 15.8 Å². The summed E-state index contributed by atoms with van der Waals surface area (Å²) < 4.78 is 5.24. The summed E-state index contributed by atoms with van der Waals surface area (Å²) in [5, 5.41) is 11.9. The van der Waals surface area contributed by atoms with Crippen LogP contribution in [0.4, 0.5) is 11.5 Å². The number of anilines is 2. The number of para-hydroxylation sites is 1. The average molecular weight is 535 g/mol. The molecule has 5 aromatic rings. The predicted molar refractivity (Wildman–Crippen MR) is 154 cm³/mol. The first kappa shape index (κ1) is 25.3. The maximum Gasteiger partial charge on any atom is 0.295 e. The zero-order chi connectivity index (χ0) is 27.6. The van der Waals surface area contributed by atoms with Gasteiger partial charge in [0.1, 0.15) is 11.5 Å². The lowest BCUT2D eigenvalue weighted by atomic mass is 9.97. The standard InChI is InChI=1S/C30H30N8O2/c1-21-27(30(40)38(35(21)2)24-13-7-4-8-14-24)32-29(39)23-12-9-18-36(20-23)25-15-16-26(34-33-25)37-19-17-31-28(37)22-10-5-3-6-11-22/h3-8,10-11,13-17,19,23H,9,12,18,20H2,1-2H3,(H,32,39). The van der Waals surface area contributed by atoms with E-state index >= 15 is 0 Å². The third-order valence-corrected chi connectivity index (χ3v) is 7.47. The minimum Gasteiger partial charge on any atom is -0.354 e. The topological polar surface area (TPSA) is 103 Å². The summed E-state index contributed by atoms with van der Waals surface area (Å²) >= 11 is 0. The molecule has 1 fully saturated rings. The molecule has 202 valence electrons. The fourth-order valence-corrected chi connectivity index (χ4v) is 5.24. The Balaban J connectivity index is 1.17. The second kappa shape index (κ2) is 10.6. The number of hydrogen-bond acceptors (Lipinski definition) is 6. The monoisotopic (exact) mass is 534 g/mol. The minimum atomic E-state index is -0.280. The highest BCUT2D eigenvalue weighted by molar-refractivity contribution is 5.93. The van der Waals surface area contributed by atoms with Gasteiger partial charge in [0.2, 0.25) is 5.91 Å². The van der Waals surface area contributed by atoms with Gasteiger partial charge in [0.05, 0.1) is 17.3 Å². The fraction of sp³-hybridized carbons (Fsp3) is 0.233. The van der Waals surface area contributed by atoms with Crippen LogP contribution in [0.25, 0.3) is 22.9 Å². The summed E-state index contributed by atoms with van der Waals surface area (Å²) in [6.07, 6.45) is 5.19. The number of piperidine rings is 1. The van der Waals surface area contributed by atoms with E-state index in [1.807, 2.05) is 97.5 Å². The van der Waals surface area contributed by atoms with Crippen LogP contribution >= 0.6 is 0 Å². The van der Waals surface area contributed by atoms with E-state index < -0.39 is 0 Å². The van der Waals surface area contributed by atoms with Crippen molar-refractivity contribution >= 4 is 17.4 Å². The van der Waals surface area contributed by atoms with Crippen LogP contribution in [0.1, 0.15) is 18.5 Å². The van der Waals surface area contributed by atoms with Gasteiger partial charge in [-0.2, -0.15) is 0 Å². The summed E-state index contributed by atoms with van der Waals surface area (Å²) in [4.78, 5) is 33.2. The van der Waals surface area contributed by atoms with E-state index in [2.05, 4.69) is 25.4 Å². The number of hydrogen-bond donors (Lipinski definition) is 1. The highest BCUT2D eigenvalue weighted by atomic mass is 16.2. The lowest BCUT2D eigenvalue weighted by Gasteiger charge is -2.32. The molecule has 1 unspecified atom stereocenters. The Labute approximate surface area is 231 Å². The van der Waals surface area contributed by atoms with Gasteiger partial charge in [0.15, 0.2) is 11.6 Å². The SMILES string of the molecule is Cc1c(NC(=O)C2CCCN(c3ccc(-n4ccnc4-c4ccccc4)nn3)C2)c(=O)n(-c2ccccc2)n1C. The van der Waals surface area contributed by atoms with Crippen molar-refractivity contribution < 1.29 is 4.79 Å². The second-order valence-electron chi connectivity index (χ2n) is 9.95. The second-order valence-corrected chi connectivity index (χ2v) is 9.95. The highest BCUT2D eigenvalue weighted by Gasteiger charge is 2.29. The molecule has 0 spiro atoms. The Morgan fingerprint density at radius 2 is 1.65 bits per heavy atom. The van der Waals surface area contributed by atoms with E-state index in [1.165, 1.54) is 0 Å². The van der Waals surface area contributed by atoms with E-state index in [1.54, 1.807) is 15.6 Å². The van der Waals surface area contributed by atoms with Gasteiger partial charge in [0.25, 0.3) is 5.56 Å². The summed E-state index contributed by atoms with van der Waals surface area (Å²) in [5.74, 6) is 1.73. The van der Waals surface area contributed by atoms with E-state index in [9.17, 15) is 9.59 Å². The van der Waals surface area contributed by atoms with Crippen molar-refractivity contribution in [2.24, 2.45) is 13.0 Å². The minimum absolute atomic E-state index is 0.161. The van der Waals surface area contributed by atoms with Gasteiger partial charge in [-0.05, 0) is 44.0 Å². The van der Waals surface area contributed by atoms with Crippen LogP contribution in [0.3, 0.4) is 0 Å². The van der Waals surface area contributed by atoms with Gasteiger partial charge in [0, 0.05) is 38.1 Å². The zero-order valence-electron chi connectivity index (χ0n) is 22.4. The van der Waals surface area contributed by atoms with Gasteiger partial charge in [-0.3, -0.25) is 18.8 Å². The van der Waals surface area contributed by atoms with Crippen LogP contribution in [0, 0.1) is 12.8 Å². The Bertz CT molecular complexity index is 1690. The average Bonchev–Trinajstić information content (AvgIpc) is 3.58. The fourth-order valence-electron chi connectivity index (χ4n) is 5.24. The molecule has 1 N–H and O–H groups in total. The predicted octanol–water partition coefficient (Wildman–Crippen LogP) is 3.98. The first-order chi connectivity index (χ1) is 19.5. The third kappa shape index (κ3) is 4.68. The maximum atomic E-state index is 13.3. The molecule has 0 radical (unpaired) electrons. The van der Waals surface area contributed by atoms with Gasteiger partial charge >= 0.3 is 0 Å². The quantitative estimate of drug-likeness (QED) is 0.354. The van der Waals surface area contributed by atoms with Crippen LogP contribution in [0.5, 0.6) is 0 Å². The molecule has 2 aromatic carbocycles. The van der Waals surface area contributed by atoms with Crippen molar-refractivity contribution in [1.82, 2.24) is 29.1 Å². The van der Waals surface area contributed by atoms with Gasteiger partial charge < -0.3 is 10.2 Å². The lowest BCUT2D eigenvalue weighted by Crippen LogP contribution is -2.41. The van der Waals surface area contributed by atoms with E-state index in [0.717, 1.165) is 36.5 Å². The van der Waals surface area contributed by atoms with Crippen LogP contribution in [-0.2, 0) is 11.8 Å². The Morgan fingerprint density at radius 1 is 0.950 bits per heavy atom. The molecule has 6 rings (SSSR count). The molecule has 0 saturated carbocycles. The summed E-state index contributed by atoms with van der Waals surface area (Å²) in [5.41, 5.74) is 2.50. The largest absolute Gasteiger partial charge is 0.354 e. The summed E-state index contributed by atoms with van der Waals surface area (Å²) in [7, 11) is 1.82. The Morgan fingerprint density at radius 3 is 2.38 bits per heavy atom. The molecule has 0 aliphatic carbocycles. The number of carbonyl (C=O) groups excluding carboxylic acids is 1. The lowest BCUT2D eigenvalue weighted by molar-refractivity contribution is -0.120. The molecule has 10 nitrogen and oxygen atoms in total. The normalized spacial score (nSPS) is 15.2. The van der Waals surface area contributed by atoms with Crippen molar-refractivity contribution in [3.63, 3.8) is 0 Å². The maximum absolute atomic E-state index is 13.3. The summed E-state index contributed by atoms with van der Waals surface area (Å²) in [6.45, 7) is 3.12. The molecule has 1 amide bonds. The number of nitrogens with zero attached hydrogens (tertiary/aromatic N) is 7. The molecule has 0 bridgehead atoms. The number of benzene rings is 2. The number of nitrogens with one attached hydrogen (secondary N) is 1. The van der Waals surface area contributed by atoms with Crippen LogP contribution in [0.15, 0.2) is 90.0 Å². The summed E-state index contributed by atoms with van der Waals surface area (Å²) in [6, 6.07) is 23.2. The number of imidazole rings is 1. The van der Waals surface area contributed by atoms with Gasteiger partial charge in [-0.15, -0.1) is 10.2 Å². The van der Waals surface area contributed by atoms with E-state index in [0.29, 0.717) is 29.6 Å². The molecule has 4 heterocycles. The molecule has 1 saturated heterocycles. The van der Waals surface area contributed by atoms with Gasteiger partial charge in [-0.25, -0.2) is 9.67 Å². The first-order valence-corrected chi connectivity index (χ1v) is 13.3. The molecule has 40 heavy (non-hydrogen) atoms. The number of aromatic nitrogens is 6. The Kier molecular flexibility index (Phi) is 6.73. The Hall–Kier alpha value is -4.99. The molecule has 10 heteroatoms. The number of amides is 1. The highest BCUT2D eigenvalue weighted by Crippen LogP contribution is 2.25. The first-order valence-electron chi connectivity index (χ1n) is 13.3. The molecule has 3 aromatic heterocycles. The van der Waals surface area contributed by atoms with Crippen molar-refractivity contribution in [3.8, 4) is 22.9 Å². The van der Waals surface area contributed by atoms with Gasteiger partial charge in [-0.1, -0.05) is 48.5 Å². The van der Waals surface area contributed by atoms with Crippen molar-refractivity contribution in [1.29, 1.82) is 0 Å². The molecule has 1 atom stereocenters. The van der Waals surface area contributed by atoms with Crippen LogP contribution in [-0.4, -0.2) is 48.1 Å². The molecular weight excluding hydrogens is 504 g/mol. The van der Waals surface area contributed by atoms with Crippen molar-refractivity contribution in [2.45, 2.75) is 19.8 Å². The smallest absolute Gasteiger partial charge is 0.295 e. The van der Waals surface area contributed by atoms with Crippen molar-refractivity contribution in [2.75, 3.05) is 23.3 Å².